The van der Waals surface area contributed by atoms with Crippen LogP contribution in [0.2, 0.25) is 0 Å². The molecule has 0 spiro atoms. The second-order valence-electron chi connectivity index (χ2n) is 5.44. The largest absolute Gasteiger partial charge is 0.416 e. The van der Waals surface area contributed by atoms with Crippen LogP contribution in [-0.2, 0) is 12.7 Å². The lowest BCUT2D eigenvalue weighted by molar-refractivity contribution is -0.138. The summed E-state index contributed by atoms with van der Waals surface area (Å²) in [6.07, 6.45) is -3.37. The van der Waals surface area contributed by atoms with Gasteiger partial charge in [0.15, 0.2) is 0 Å². The Morgan fingerprint density at radius 2 is 2.15 bits per heavy atom. The fourth-order valence-corrected chi connectivity index (χ4v) is 2.99. The Hall–Kier alpha value is -0.590. The molecule has 2 nitrogen and oxygen atoms in total. The average molecular weight is 351 g/mol. The number of nitrogens with two attached hydrogens (primary N) is 1. The average Bonchev–Trinajstić information content (AvgIpc) is 2.79. The Morgan fingerprint density at radius 3 is 2.70 bits per heavy atom. The molecule has 0 aromatic heterocycles. The van der Waals surface area contributed by atoms with E-state index in [-0.39, 0.29) is 6.04 Å². The lowest BCUT2D eigenvalue weighted by Gasteiger charge is -2.20. The van der Waals surface area contributed by atoms with E-state index in [4.69, 9.17) is 5.73 Å². The minimum absolute atomic E-state index is 0.0898. The van der Waals surface area contributed by atoms with E-state index in [1.165, 1.54) is 0 Å². The van der Waals surface area contributed by atoms with E-state index in [1.54, 1.807) is 12.1 Å². The number of likely N-dealkylation sites (tertiary alicyclic amines) is 1. The molecule has 112 valence electrons. The van der Waals surface area contributed by atoms with E-state index in [0.29, 0.717) is 22.5 Å². The third kappa shape index (κ3) is 3.74. The molecule has 2 rings (SSSR count). The molecule has 20 heavy (non-hydrogen) atoms. The predicted octanol–water partition coefficient (Wildman–Crippen LogP) is 3.64. The van der Waals surface area contributed by atoms with Gasteiger partial charge in [0.25, 0.3) is 0 Å². The first kappa shape index (κ1) is 15.8. The molecule has 1 aromatic carbocycles. The fourth-order valence-electron chi connectivity index (χ4n) is 2.63. The van der Waals surface area contributed by atoms with Crippen molar-refractivity contribution in [3.8, 4) is 0 Å². The Bertz CT molecular complexity index is 474. The molecule has 1 fully saturated rings. The summed E-state index contributed by atoms with van der Waals surface area (Å²) in [5, 5.41) is 0. The standard InChI is InChI=1S/C14H18BrF3N2/c1-9(19)10-4-5-20(7-10)8-11-2-3-12(15)6-13(11)14(16,17)18/h2-3,6,9-10H,4-5,7-8,19H2,1H3. The topological polar surface area (TPSA) is 29.3 Å². The number of benzene rings is 1. The van der Waals surface area contributed by atoms with Gasteiger partial charge in [0.2, 0.25) is 0 Å². The fraction of sp³-hybridized carbons (Fsp3) is 0.571. The highest BCUT2D eigenvalue weighted by Gasteiger charge is 2.34. The number of alkyl halides is 3. The zero-order chi connectivity index (χ0) is 14.9. The third-order valence-corrected chi connectivity index (χ3v) is 4.32. The van der Waals surface area contributed by atoms with Gasteiger partial charge in [-0.15, -0.1) is 0 Å². The number of halogens is 4. The highest BCUT2D eigenvalue weighted by atomic mass is 79.9. The lowest BCUT2D eigenvalue weighted by atomic mass is 10.0. The summed E-state index contributed by atoms with van der Waals surface area (Å²) >= 11 is 3.10. The summed E-state index contributed by atoms with van der Waals surface area (Å²) in [5.74, 6) is 0.375. The van der Waals surface area contributed by atoms with Crippen LogP contribution in [0.25, 0.3) is 0 Å². The van der Waals surface area contributed by atoms with Crippen LogP contribution < -0.4 is 5.73 Å². The van der Waals surface area contributed by atoms with E-state index >= 15 is 0 Å². The minimum atomic E-state index is -4.32. The minimum Gasteiger partial charge on any atom is -0.328 e. The van der Waals surface area contributed by atoms with Crippen LogP contribution in [0.4, 0.5) is 13.2 Å². The van der Waals surface area contributed by atoms with Crippen LogP contribution in [-0.4, -0.2) is 24.0 Å². The second kappa shape index (κ2) is 6.03. The molecule has 0 radical (unpaired) electrons. The SMILES string of the molecule is CC(N)C1CCN(Cc2ccc(Br)cc2C(F)(F)F)C1. The van der Waals surface area contributed by atoms with Crippen LogP contribution >= 0.6 is 15.9 Å². The summed E-state index contributed by atoms with van der Waals surface area (Å²) in [6, 6.07) is 4.44. The highest BCUT2D eigenvalue weighted by molar-refractivity contribution is 9.10. The summed E-state index contributed by atoms with van der Waals surface area (Å²) in [7, 11) is 0. The van der Waals surface area contributed by atoms with E-state index in [1.807, 2.05) is 11.8 Å². The van der Waals surface area contributed by atoms with Crippen molar-refractivity contribution in [1.29, 1.82) is 0 Å². The van der Waals surface area contributed by atoms with Crippen molar-refractivity contribution < 1.29 is 13.2 Å². The van der Waals surface area contributed by atoms with Gasteiger partial charge in [0.1, 0.15) is 0 Å². The van der Waals surface area contributed by atoms with E-state index in [9.17, 15) is 13.2 Å². The van der Waals surface area contributed by atoms with Crippen LogP contribution in [0, 0.1) is 5.92 Å². The molecular formula is C14H18BrF3N2. The van der Waals surface area contributed by atoms with Gasteiger partial charge < -0.3 is 5.73 Å². The summed E-state index contributed by atoms with van der Waals surface area (Å²) < 4.78 is 39.6. The maximum atomic E-state index is 13.0. The maximum Gasteiger partial charge on any atom is 0.416 e. The van der Waals surface area contributed by atoms with Gasteiger partial charge in [0.05, 0.1) is 5.56 Å². The van der Waals surface area contributed by atoms with Gasteiger partial charge in [-0.3, -0.25) is 4.90 Å². The first-order valence-electron chi connectivity index (χ1n) is 6.61. The first-order chi connectivity index (χ1) is 9.27. The van der Waals surface area contributed by atoms with Crippen LogP contribution in [0.3, 0.4) is 0 Å². The van der Waals surface area contributed by atoms with Gasteiger partial charge >= 0.3 is 6.18 Å². The van der Waals surface area contributed by atoms with Crippen molar-refractivity contribution in [3.05, 3.63) is 33.8 Å². The molecule has 1 aromatic rings. The van der Waals surface area contributed by atoms with Crippen molar-refractivity contribution in [2.45, 2.75) is 32.1 Å². The van der Waals surface area contributed by atoms with Crippen molar-refractivity contribution >= 4 is 15.9 Å². The molecule has 1 aliphatic heterocycles. The van der Waals surface area contributed by atoms with Gasteiger partial charge in [-0.2, -0.15) is 13.2 Å². The van der Waals surface area contributed by atoms with Crippen molar-refractivity contribution in [3.63, 3.8) is 0 Å². The smallest absolute Gasteiger partial charge is 0.328 e. The molecule has 6 heteroatoms. The Balaban J connectivity index is 2.14. The molecule has 1 aliphatic rings. The Labute approximate surface area is 125 Å². The summed E-state index contributed by atoms with van der Waals surface area (Å²) in [6.45, 7) is 3.85. The molecule has 2 atom stereocenters. The van der Waals surface area contributed by atoms with E-state index in [0.717, 1.165) is 25.6 Å². The monoisotopic (exact) mass is 350 g/mol. The molecule has 0 saturated carbocycles. The van der Waals surface area contributed by atoms with Crippen LogP contribution in [0.1, 0.15) is 24.5 Å². The van der Waals surface area contributed by atoms with Crippen LogP contribution in [0.15, 0.2) is 22.7 Å². The second-order valence-corrected chi connectivity index (χ2v) is 6.36. The van der Waals surface area contributed by atoms with E-state index in [2.05, 4.69) is 15.9 Å². The lowest BCUT2D eigenvalue weighted by Crippen LogP contribution is -2.30. The van der Waals surface area contributed by atoms with Gasteiger partial charge in [-0.1, -0.05) is 22.0 Å². The molecule has 2 N–H and O–H groups in total. The normalized spacial score (nSPS) is 22.2. The highest BCUT2D eigenvalue weighted by Crippen LogP contribution is 2.35. The molecule has 2 unspecified atom stereocenters. The summed E-state index contributed by atoms with van der Waals surface area (Å²) in [4.78, 5) is 2.05. The number of rotatable bonds is 3. The zero-order valence-electron chi connectivity index (χ0n) is 11.3. The van der Waals surface area contributed by atoms with Crippen molar-refractivity contribution in [1.82, 2.24) is 4.90 Å². The molecular weight excluding hydrogens is 333 g/mol. The molecule has 0 bridgehead atoms. The van der Waals surface area contributed by atoms with Gasteiger partial charge in [0, 0.05) is 23.6 Å². The number of nitrogens with zero attached hydrogens (tertiary/aromatic N) is 1. The van der Waals surface area contributed by atoms with Crippen LogP contribution in [0.5, 0.6) is 0 Å². The molecule has 0 amide bonds. The molecule has 1 saturated heterocycles. The molecule has 1 heterocycles. The van der Waals surface area contributed by atoms with Crippen molar-refractivity contribution in [2.24, 2.45) is 11.7 Å². The summed E-state index contributed by atoms with van der Waals surface area (Å²) in [5.41, 5.74) is 5.63. The van der Waals surface area contributed by atoms with E-state index < -0.39 is 11.7 Å². The Morgan fingerprint density at radius 1 is 1.45 bits per heavy atom. The third-order valence-electron chi connectivity index (χ3n) is 3.82. The van der Waals surface area contributed by atoms with Gasteiger partial charge in [-0.25, -0.2) is 0 Å². The van der Waals surface area contributed by atoms with Crippen molar-refractivity contribution in [2.75, 3.05) is 13.1 Å². The maximum absolute atomic E-state index is 13.0. The van der Waals surface area contributed by atoms with Gasteiger partial charge in [-0.05, 0) is 43.5 Å². The predicted molar refractivity (Wildman–Crippen MR) is 76.2 cm³/mol. The first-order valence-corrected chi connectivity index (χ1v) is 7.40. The zero-order valence-corrected chi connectivity index (χ0v) is 12.8. The quantitative estimate of drug-likeness (QED) is 0.901. The molecule has 0 aliphatic carbocycles. The number of hydrogen-bond acceptors (Lipinski definition) is 2. The Kier molecular flexibility index (Phi) is 4.76. The number of hydrogen-bond donors (Lipinski definition) is 1.